The minimum atomic E-state index is -0.821. The summed E-state index contributed by atoms with van der Waals surface area (Å²) in [5, 5.41) is 0. The van der Waals surface area contributed by atoms with E-state index in [0.29, 0.717) is 10.2 Å². The predicted octanol–water partition coefficient (Wildman–Crippen LogP) is 3.63. The summed E-state index contributed by atoms with van der Waals surface area (Å²) in [5.41, 5.74) is 0.0723. The van der Waals surface area contributed by atoms with Gasteiger partial charge in [-0.1, -0.05) is 15.9 Å². The molecule has 0 aliphatic rings. The van der Waals surface area contributed by atoms with Gasteiger partial charge in [-0.2, -0.15) is 0 Å². The Morgan fingerprint density at radius 1 is 1.23 bits per heavy atom. The van der Waals surface area contributed by atoms with Gasteiger partial charge in [0.15, 0.2) is 0 Å². The summed E-state index contributed by atoms with van der Waals surface area (Å²) in [7, 11) is 1.25. The highest BCUT2D eigenvalue weighted by molar-refractivity contribution is 9.10. The van der Waals surface area contributed by atoms with E-state index in [4.69, 9.17) is 9.15 Å². The number of hydrogen-bond donors (Lipinski definition) is 0. The quantitative estimate of drug-likeness (QED) is 0.768. The van der Waals surface area contributed by atoms with Crippen LogP contribution in [0.4, 0.5) is 4.39 Å². The minimum absolute atomic E-state index is 0.181. The van der Waals surface area contributed by atoms with Crippen LogP contribution >= 0.6 is 15.9 Å². The van der Waals surface area contributed by atoms with Gasteiger partial charge in [-0.3, -0.25) is 0 Å². The van der Waals surface area contributed by atoms with Gasteiger partial charge in [0, 0.05) is 4.47 Å². The molecule has 0 radical (unpaired) electrons. The third-order valence-electron chi connectivity index (χ3n) is 2.87. The van der Waals surface area contributed by atoms with Crippen molar-refractivity contribution < 1.29 is 27.9 Å². The number of hydrogen-bond acceptors (Lipinski definition) is 5. The Morgan fingerprint density at radius 2 is 1.95 bits per heavy atom. The van der Waals surface area contributed by atoms with Gasteiger partial charge in [-0.25, -0.2) is 14.0 Å². The highest BCUT2D eigenvalue weighted by atomic mass is 79.9. The Morgan fingerprint density at radius 3 is 2.59 bits per heavy atom. The molecule has 22 heavy (non-hydrogen) atoms. The lowest BCUT2D eigenvalue weighted by molar-refractivity contribution is 0.0438. The molecule has 0 unspecified atom stereocenters. The zero-order chi connectivity index (χ0) is 16.3. The maximum atomic E-state index is 13.6. The number of carbonyl (C=O) groups excluding carboxylic acids is 2. The average molecular weight is 371 g/mol. The third-order valence-corrected chi connectivity index (χ3v) is 3.36. The SMILES string of the molecule is COC(=O)c1cc(COC(=O)c2ccc(Br)cc2F)oc1C. The van der Waals surface area contributed by atoms with Crippen molar-refractivity contribution in [2.24, 2.45) is 0 Å². The van der Waals surface area contributed by atoms with Crippen LogP contribution in [-0.4, -0.2) is 19.0 Å². The van der Waals surface area contributed by atoms with Crippen molar-refractivity contribution >= 4 is 27.9 Å². The van der Waals surface area contributed by atoms with E-state index in [0.717, 1.165) is 0 Å². The van der Waals surface area contributed by atoms with E-state index in [2.05, 4.69) is 20.7 Å². The number of carbonyl (C=O) groups is 2. The fourth-order valence-corrected chi connectivity index (χ4v) is 2.13. The monoisotopic (exact) mass is 370 g/mol. The Hall–Kier alpha value is -2.15. The molecule has 1 heterocycles. The fraction of sp³-hybridized carbons (Fsp3) is 0.200. The molecule has 116 valence electrons. The Kier molecular flexibility index (Phi) is 4.97. The first-order valence-electron chi connectivity index (χ1n) is 6.22. The summed E-state index contributed by atoms with van der Waals surface area (Å²) in [6.45, 7) is 1.37. The predicted molar refractivity (Wildman–Crippen MR) is 78.0 cm³/mol. The standard InChI is InChI=1S/C15H12BrFO5/c1-8-12(14(18)20-2)6-10(22-8)7-21-15(19)11-4-3-9(16)5-13(11)17/h3-6H,7H2,1-2H3. The molecular weight excluding hydrogens is 359 g/mol. The van der Waals surface area contributed by atoms with E-state index in [1.54, 1.807) is 6.92 Å². The normalized spacial score (nSPS) is 10.4. The van der Waals surface area contributed by atoms with Gasteiger partial charge < -0.3 is 13.9 Å². The van der Waals surface area contributed by atoms with E-state index in [-0.39, 0.29) is 23.5 Å². The van der Waals surface area contributed by atoms with Gasteiger partial charge in [-0.15, -0.1) is 0 Å². The van der Waals surface area contributed by atoms with Gasteiger partial charge in [-0.05, 0) is 31.2 Å². The third kappa shape index (κ3) is 3.54. The molecule has 0 saturated carbocycles. The maximum absolute atomic E-state index is 13.6. The molecule has 7 heteroatoms. The van der Waals surface area contributed by atoms with Crippen LogP contribution in [0.25, 0.3) is 0 Å². The molecule has 0 saturated heterocycles. The van der Waals surface area contributed by atoms with Crippen molar-refractivity contribution in [3.05, 3.63) is 57.2 Å². The Bertz CT molecular complexity index is 723. The molecule has 0 aliphatic carbocycles. The lowest BCUT2D eigenvalue weighted by Crippen LogP contribution is -2.07. The molecule has 5 nitrogen and oxygen atoms in total. The molecule has 0 atom stereocenters. The van der Waals surface area contributed by atoms with Crippen molar-refractivity contribution in [2.75, 3.05) is 7.11 Å². The summed E-state index contributed by atoms with van der Waals surface area (Å²) in [4.78, 5) is 23.3. The summed E-state index contributed by atoms with van der Waals surface area (Å²) < 4.78 is 29.0. The molecule has 1 aromatic heterocycles. The maximum Gasteiger partial charge on any atom is 0.341 e. The first-order valence-corrected chi connectivity index (χ1v) is 7.01. The molecule has 0 N–H and O–H groups in total. The van der Waals surface area contributed by atoms with E-state index in [1.807, 2.05) is 0 Å². The van der Waals surface area contributed by atoms with E-state index < -0.39 is 17.8 Å². The number of aryl methyl sites for hydroxylation is 1. The van der Waals surface area contributed by atoms with Gasteiger partial charge in [0.05, 0.1) is 12.7 Å². The number of furan rings is 1. The second-order valence-electron chi connectivity index (χ2n) is 4.37. The van der Waals surface area contributed by atoms with Crippen molar-refractivity contribution in [1.82, 2.24) is 0 Å². The van der Waals surface area contributed by atoms with E-state index >= 15 is 0 Å². The van der Waals surface area contributed by atoms with Crippen molar-refractivity contribution in [2.45, 2.75) is 13.5 Å². The minimum Gasteiger partial charge on any atom is -0.465 e. The lowest BCUT2D eigenvalue weighted by atomic mass is 10.2. The fourth-order valence-electron chi connectivity index (χ4n) is 1.80. The molecule has 2 aromatic rings. The van der Waals surface area contributed by atoms with E-state index in [9.17, 15) is 14.0 Å². The summed E-state index contributed by atoms with van der Waals surface area (Å²) >= 11 is 3.10. The molecule has 2 rings (SSSR count). The Balaban J connectivity index is 2.07. The molecule has 1 aromatic carbocycles. The van der Waals surface area contributed by atoms with Crippen LogP contribution in [0.3, 0.4) is 0 Å². The van der Waals surface area contributed by atoms with Gasteiger partial charge in [0.2, 0.25) is 0 Å². The number of methoxy groups -OCH3 is 1. The number of rotatable bonds is 4. The zero-order valence-corrected chi connectivity index (χ0v) is 13.4. The highest BCUT2D eigenvalue weighted by Gasteiger charge is 2.18. The average Bonchev–Trinajstić information content (AvgIpc) is 2.85. The Labute approximate surface area is 134 Å². The van der Waals surface area contributed by atoms with Crippen LogP contribution in [0.15, 0.2) is 33.2 Å². The second-order valence-corrected chi connectivity index (χ2v) is 5.29. The molecule has 0 spiro atoms. The van der Waals surface area contributed by atoms with Crippen LogP contribution in [-0.2, 0) is 16.1 Å². The molecule has 0 amide bonds. The van der Waals surface area contributed by atoms with Gasteiger partial charge in [0.25, 0.3) is 0 Å². The summed E-state index contributed by atoms with van der Waals surface area (Å²) in [6.07, 6.45) is 0. The molecule has 0 fully saturated rings. The lowest BCUT2D eigenvalue weighted by Gasteiger charge is -2.04. The number of esters is 2. The number of halogens is 2. The van der Waals surface area contributed by atoms with Crippen LogP contribution in [0, 0.1) is 12.7 Å². The summed E-state index contributed by atoms with van der Waals surface area (Å²) in [5.74, 6) is -1.43. The van der Waals surface area contributed by atoms with Crippen LogP contribution in [0.2, 0.25) is 0 Å². The van der Waals surface area contributed by atoms with Gasteiger partial charge in [0.1, 0.15) is 29.5 Å². The van der Waals surface area contributed by atoms with Crippen LogP contribution in [0.1, 0.15) is 32.2 Å². The van der Waals surface area contributed by atoms with E-state index in [1.165, 1.54) is 31.4 Å². The van der Waals surface area contributed by atoms with Crippen LogP contribution < -0.4 is 0 Å². The summed E-state index contributed by atoms with van der Waals surface area (Å²) in [6, 6.07) is 5.44. The zero-order valence-electron chi connectivity index (χ0n) is 11.8. The molecule has 0 bridgehead atoms. The topological polar surface area (TPSA) is 65.7 Å². The van der Waals surface area contributed by atoms with Gasteiger partial charge >= 0.3 is 11.9 Å². The largest absolute Gasteiger partial charge is 0.465 e. The smallest absolute Gasteiger partial charge is 0.341 e. The van der Waals surface area contributed by atoms with Crippen LogP contribution in [0.5, 0.6) is 0 Å². The number of ether oxygens (including phenoxy) is 2. The second kappa shape index (κ2) is 6.74. The first-order chi connectivity index (χ1) is 10.4. The molecule has 0 aliphatic heterocycles. The molecular formula is C15H12BrFO5. The highest BCUT2D eigenvalue weighted by Crippen LogP contribution is 2.19. The van der Waals surface area contributed by atoms with Crippen molar-refractivity contribution in [3.8, 4) is 0 Å². The van der Waals surface area contributed by atoms with Crippen molar-refractivity contribution in [1.29, 1.82) is 0 Å². The van der Waals surface area contributed by atoms with Crippen molar-refractivity contribution in [3.63, 3.8) is 0 Å². The number of benzene rings is 1. The first kappa shape index (κ1) is 16.2.